The van der Waals surface area contributed by atoms with Crippen molar-refractivity contribution in [2.75, 3.05) is 7.05 Å². The molecule has 1 aliphatic rings. The first-order valence-corrected chi connectivity index (χ1v) is 6.53. The van der Waals surface area contributed by atoms with Gasteiger partial charge >= 0.3 is 0 Å². The van der Waals surface area contributed by atoms with E-state index in [1.807, 2.05) is 11.9 Å². The maximum Gasteiger partial charge on any atom is 0.224 e. The van der Waals surface area contributed by atoms with Crippen molar-refractivity contribution >= 4 is 5.91 Å². The van der Waals surface area contributed by atoms with Crippen molar-refractivity contribution in [3.63, 3.8) is 0 Å². The van der Waals surface area contributed by atoms with Gasteiger partial charge in [-0.05, 0) is 26.2 Å². The molecule has 1 atom stereocenters. The zero-order valence-electron chi connectivity index (χ0n) is 11.0. The predicted molar refractivity (Wildman–Crippen MR) is 67.1 cm³/mol. The smallest absolute Gasteiger partial charge is 0.224 e. The van der Waals surface area contributed by atoms with Crippen molar-refractivity contribution < 1.29 is 4.79 Å². The number of hydrogen-bond donors (Lipinski definition) is 1. The van der Waals surface area contributed by atoms with Gasteiger partial charge in [-0.25, -0.2) is 0 Å². The van der Waals surface area contributed by atoms with Crippen molar-refractivity contribution in [2.24, 2.45) is 5.73 Å². The first-order valence-electron chi connectivity index (χ1n) is 6.53. The number of nitrogens with zero attached hydrogens (tertiary/aromatic N) is 1. The first-order chi connectivity index (χ1) is 7.48. The summed E-state index contributed by atoms with van der Waals surface area (Å²) in [4.78, 5) is 13.9. The molecular formula is C13H26N2O. The van der Waals surface area contributed by atoms with E-state index in [1.54, 1.807) is 0 Å². The summed E-state index contributed by atoms with van der Waals surface area (Å²) in [6, 6.07) is 0.319. The maximum atomic E-state index is 12.1. The third-order valence-corrected chi connectivity index (χ3v) is 4.00. The Labute approximate surface area is 99.4 Å². The van der Waals surface area contributed by atoms with Crippen LogP contribution in [0.5, 0.6) is 0 Å². The van der Waals surface area contributed by atoms with Gasteiger partial charge in [-0.15, -0.1) is 0 Å². The fourth-order valence-corrected chi connectivity index (χ4v) is 2.38. The minimum absolute atomic E-state index is 0.207. The van der Waals surface area contributed by atoms with Crippen LogP contribution in [-0.2, 0) is 4.79 Å². The molecule has 1 amide bonds. The SMILES string of the molecule is CCC(C)N(C)C(=O)CC1(N)CCCCC1. The third-order valence-electron chi connectivity index (χ3n) is 4.00. The summed E-state index contributed by atoms with van der Waals surface area (Å²) in [7, 11) is 1.89. The zero-order valence-corrected chi connectivity index (χ0v) is 11.0. The Bertz CT molecular complexity index is 234. The Hall–Kier alpha value is -0.570. The van der Waals surface area contributed by atoms with E-state index >= 15 is 0 Å². The van der Waals surface area contributed by atoms with Gasteiger partial charge in [0, 0.05) is 25.0 Å². The molecule has 94 valence electrons. The topological polar surface area (TPSA) is 46.3 Å². The zero-order chi connectivity index (χ0) is 12.2. The molecular weight excluding hydrogens is 200 g/mol. The highest BCUT2D eigenvalue weighted by molar-refractivity contribution is 5.77. The van der Waals surface area contributed by atoms with Crippen LogP contribution < -0.4 is 5.73 Å². The molecule has 0 aliphatic heterocycles. The molecule has 0 aromatic rings. The van der Waals surface area contributed by atoms with Gasteiger partial charge in [0.2, 0.25) is 5.91 Å². The molecule has 0 saturated heterocycles. The highest BCUT2D eigenvalue weighted by Gasteiger charge is 2.31. The van der Waals surface area contributed by atoms with Crippen LogP contribution in [0.4, 0.5) is 0 Å². The van der Waals surface area contributed by atoms with E-state index in [2.05, 4.69) is 13.8 Å². The summed E-state index contributed by atoms with van der Waals surface area (Å²) >= 11 is 0. The molecule has 0 spiro atoms. The van der Waals surface area contributed by atoms with E-state index < -0.39 is 0 Å². The Morgan fingerprint density at radius 3 is 2.44 bits per heavy atom. The summed E-state index contributed by atoms with van der Waals surface area (Å²) < 4.78 is 0. The van der Waals surface area contributed by atoms with Gasteiger partial charge < -0.3 is 10.6 Å². The quantitative estimate of drug-likeness (QED) is 0.799. The van der Waals surface area contributed by atoms with Crippen LogP contribution in [-0.4, -0.2) is 29.4 Å². The summed E-state index contributed by atoms with van der Waals surface area (Å²) in [5, 5.41) is 0. The van der Waals surface area contributed by atoms with Gasteiger partial charge in [0.15, 0.2) is 0 Å². The van der Waals surface area contributed by atoms with Crippen LogP contribution in [0.25, 0.3) is 0 Å². The molecule has 0 radical (unpaired) electrons. The van der Waals surface area contributed by atoms with Crippen molar-refractivity contribution in [1.82, 2.24) is 4.90 Å². The van der Waals surface area contributed by atoms with E-state index in [0.29, 0.717) is 12.5 Å². The monoisotopic (exact) mass is 226 g/mol. The highest BCUT2D eigenvalue weighted by Crippen LogP contribution is 2.29. The molecule has 0 heterocycles. The van der Waals surface area contributed by atoms with Crippen LogP contribution >= 0.6 is 0 Å². The standard InChI is InChI=1S/C13H26N2O/c1-4-11(2)15(3)12(16)10-13(14)8-6-5-7-9-13/h11H,4-10,14H2,1-3H3. The third kappa shape index (κ3) is 3.48. The van der Waals surface area contributed by atoms with Crippen LogP contribution in [0, 0.1) is 0 Å². The predicted octanol–water partition coefficient (Wildman–Crippen LogP) is 2.29. The molecule has 0 aromatic carbocycles. The second-order valence-electron chi connectivity index (χ2n) is 5.36. The van der Waals surface area contributed by atoms with Crippen LogP contribution in [0.2, 0.25) is 0 Å². The molecule has 0 bridgehead atoms. The Morgan fingerprint density at radius 1 is 1.38 bits per heavy atom. The molecule has 1 rings (SSSR count). The molecule has 1 saturated carbocycles. The molecule has 1 aliphatic carbocycles. The van der Waals surface area contributed by atoms with E-state index in [4.69, 9.17) is 5.73 Å². The number of rotatable bonds is 4. The first kappa shape index (κ1) is 13.5. The normalized spacial score (nSPS) is 21.5. The highest BCUT2D eigenvalue weighted by atomic mass is 16.2. The fourth-order valence-electron chi connectivity index (χ4n) is 2.38. The second-order valence-corrected chi connectivity index (χ2v) is 5.36. The second kappa shape index (κ2) is 5.67. The van der Waals surface area contributed by atoms with Gasteiger partial charge in [0.25, 0.3) is 0 Å². The van der Waals surface area contributed by atoms with E-state index in [1.165, 1.54) is 19.3 Å². The minimum atomic E-state index is -0.225. The van der Waals surface area contributed by atoms with Crippen molar-refractivity contribution in [2.45, 2.75) is 70.4 Å². The summed E-state index contributed by atoms with van der Waals surface area (Å²) in [5.74, 6) is 0.207. The van der Waals surface area contributed by atoms with E-state index in [9.17, 15) is 4.79 Å². The molecule has 3 heteroatoms. The number of nitrogens with two attached hydrogens (primary N) is 1. The van der Waals surface area contributed by atoms with E-state index in [0.717, 1.165) is 19.3 Å². The molecule has 2 N–H and O–H groups in total. The van der Waals surface area contributed by atoms with Crippen molar-refractivity contribution in [3.05, 3.63) is 0 Å². The van der Waals surface area contributed by atoms with Crippen LogP contribution in [0.3, 0.4) is 0 Å². The molecule has 3 nitrogen and oxygen atoms in total. The number of hydrogen-bond acceptors (Lipinski definition) is 2. The van der Waals surface area contributed by atoms with Crippen molar-refractivity contribution in [3.8, 4) is 0 Å². The Balaban J connectivity index is 2.49. The van der Waals surface area contributed by atoms with Crippen LogP contribution in [0.1, 0.15) is 58.8 Å². The largest absolute Gasteiger partial charge is 0.343 e. The average Bonchev–Trinajstić information content (AvgIpc) is 2.27. The number of carbonyl (C=O) groups excluding carboxylic acids is 1. The van der Waals surface area contributed by atoms with Gasteiger partial charge in [-0.2, -0.15) is 0 Å². The van der Waals surface area contributed by atoms with Gasteiger partial charge in [0.05, 0.1) is 0 Å². The molecule has 16 heavy (non-hydrogen) atoms. The van der Waals surface area contributed by atoms with Gasteiger partial charge in [0.1, 0.15) is 0 Å². The average molecular weight is 226 g/mol. The van der Waals surface area contributed by atoms with Gasteiger partial charge in [-0.1, -0.05) is 26.2 Å². The lowest BCUT2D eigenvalue weighted by atomic mass is 9.80. The Kier molecular flexibility index (Phi) is 4.78. The minimum Gasteiger partial charge on any atom is -0.343 e. The summed E-state index contributed by atoms with van der Waals surface area (Å²) in [6.45, 7) is 4.19. The summed E-state index contributed by atoms with van der Waals surface area (Å²) in [6.07, 6.45) is 7.16. The van der Waals surface area contributed by atoms with Crippen molar-refractivity contribution in [1.29, 1.82) is 0 Å². The number of amides is 1. The molecule has 1 unspecified atom stereocenters. The van der Waals surface area contributed by atoms with E-state index in [-0.39, 0.29) is 11.4 Å². The van der Waals surface area contributed by atoms with Gasteiger partial charge in [-0.3, -0.25) is 4.79 Å². The lowest BCUT2D eigenvalue weighted by Crippen LogP contribution is -2.47. The Morgan fingerprint density at radius 2 is 1.94 bits per heavy atom. The lowest BCUT2D eigenvalue weighted by Gasteiger charge is -2.35. The molecule has 1 fully saturated rings. The maximum absolute atomic E-state index is 12.1. The lowest BCUT2D eigenvalue weighted by molar-refractivity contribution is -0.133. The molecule has 0 aromatic heterocycles. The summed E-state index contributed by atoms with van der Waals surface area (Å²) in [5.41, 5.74) is 6.07. The number of carbonyl (C=O) groups is 1. The fraction of sp³-hybridized carbons (Fsp3) is 0.923. The van der Waals surface area contributed by atoms with Crippen LogP contribution in [0.15, 0.2) is 0 Å².